The number of allylic oxidation sites excluding steroid dienone is 3. The Bertz CT molecular complexity index is 935. The van der Waals surface area contributed by atoms with Crippen molar-refractivity contribution in [2.45, 2.75) is 47.5 Å². The first-order chi connectivity index (χ1) is 13.3. The van der Waals surface area contributed by atoms with Crippen LogP contribution in [0, 0.1) is 5.92 Å². The molecule has 0 aliphatic rings. The topological polar surface area (TPSA) is 40.9 Å². The highest BCUT2D eigenvalue weighted by atomic mass is 79.9. The Kier molecular flexibility index (Phi) is 8.13. The molecule has 0 atom stereocenters. The van der Waals surface area contributed by atoms with Crippen LogP contribution in [0.3, 0.4) is 0 Å². The third kappa shape index (κ3) is 4.97. The fraction of sp³-hybridized carbons (Fsp3) is 0.409. The minimum Gasteiger partial charge on any atom is -0.267 e. The zero-order valence-corrected chi connectivity index (χ0v) is 20.0. The summed E-state index contributed by atoms with van der Waals surface area (Å²) in [5, 5.41) is 6.71. The fourth-order valence-corrected chi connectivity index (χ4v) is 5.43. The number of aliphatic imine (C=N–C) groups is 1. The summed E-state index contributed by atoms with van der Waals surface area (Å²) >= 11 is 5.40. The van der Waals surface area contributed by atoms with Crippen LogP contribution in [0.15, 0.2) is 50.2 Å². The third-order valence-electron chi connectivity index (χ3n) is 4.88. The van der Waals surface area contributed by atoms with Gasteiger partial charge in [0.2, 0.25) is 0 Å². The minimum atomic E-state index is 0.602. The number of aromatic nitrogens is 1. The van der Waals surface area contributed by atoms with Crippen molar-refractivity contribution < 1.29 is 0 Å². The van der Waals surface area contributed by atoms with Crippen LogP contribution in [0.2, 0.25) is 0 Å². The standard InChI is InChI=1S/C22H29BrN4S/c1-8-17(9-2)14(3)13-15(4)26-27(7)21(16(5)24-6)22-19(23)20-18(28-22)11-10-12-25-20/h10-13,17H,6,8-9H2,1-5,7H3/b14-13+,21-16-,26-15-. The summed E-state index contributed by atoms with van der Waals surface area (Å²) in [4.78, 5) is 9.74. The van der Waals surface area contributed by atoms with Gasteiger partial charge in [-0.05, 0) is 80.4 Å². The van der Waals surface area contributed by atoms with Gasteiger partial charge in [0.25, 0.3) is 0 Å². The second-order valence-electron chi connectivity index (χ2n) is 6.85. The smallest absolute Gasteiger partial charge is 0.0986 e. The molecule has 6 heteroatoms. The predicted molar refractivity (Wildman–Crippen MR) is 128 cm³/mol. The van der Waals surface area contributed by atoms with Crippen LogP contribution in [0.5, 0.6) is 0 Å². The Balaban J connectivity index is 2.48. The predicted octanol–water partition coefficient (Wildman–Crippen LogP) is 7.14. The van der Waals surface area contributed by atoms with E-state index in [4.69, 9.17) is 5.10 Å². The molecule has 0 aliphatic carbocycles. The van der Waals surface area contributed by atoms with E-state index in [1.807, 2.05) is 38.2 Å². The zero-order chi connectivity index (χ0) is 20.8. The van der Waals surface area contributed by atoms with Gasteiger partial charge in [-0.3, -0.25) is 15.0 Å². The lowest BCUT2D eigenvalue weighted by Gasteiger charge is -2.19. The van der Waals surface area contributed by atoms with Gasteiger partial charge in [-0.15, -0.1) is 11.3 Å². The Labute approximate surface area is 180 Å². The fourth-order valence-electron chi connectivity index (χ4n) is 3.37. The maximum absolute atomic E-state index is 4.82. The van der Waals surface area contributed by atoms with E-state index >= 15 is 0 Å². The van der Waals surface area contributed by atoms with Gasteiger partial charge in [0.1, 0.15) is 0 Å². The van der Waals surface area contributed by atoms with E-state index in [2.05, 4.69) is 65.5 Å². The molecule has 2 aromatic rings. The summed E-state index contributed by atoms with van der Waals surface area (Å²) in [6.07, 6.45) is 6.29. The van der Waals surface area contributed by atoms with Gasteiger partial charge in [0, 0.05) is 13.2 Å². The third-order valence-corrected chi connectivity index (χ3v) is 7.07. The summed E-state index contributed by atoms with van der Waals surface area (Å²) in [6.45, 7) is 14.4. The van der Waals surface area contributed by atoms with Gasteiger partial charge in [-0.1, -0.05) is 19.4 Å². The number of nitrogens with zero attached hydrogens (tertiary/aromatic N) is 4. The second-order valence-corrected chi connectivity index (χ2v) is 8.70. The van der Waals surface area contributed by atoms with Crippen molar-refractivity contribution in [1.29, 1.82) is 0 Å². The zero-order valence-electron chi connectivity index (χ0n) is 17.6. The van der Waals surface area contributed by atoms with E-state index in [0.29, 0.717) is 5.92 Å². The van der Waals surface area contributed by atoms with E-state index in [1.54, 1.807) is 11.3 Å². The minimum absolute atomic E-state index is 0.602. The van der Waals surface area contributed by atoms with E-state index in [-0.39, 0.29) is 0 Å². The molecule has 4 nitrogen and oxygen atoms in total. The van der Waals surface area contributed by atoms with Gasteiger partial charge >= 0.3 is 0 Å². The van der Waals surface area contributed by atoms with Crippen LogP contribution in [0.4, 0.5) is 0 Å². The number of hydrogen-bond donors (Lipinski definition) is 0. The highest BCUT2D eigenvalue weighted by Gasteiger charge is 2.20. The molecule has 0 aliphatic heterocycles. The van der Waals surface area contributed by atoms with Crippen LogP contribution in [-0.2, 0) is 0 Å². The molecule has 0 saturated carbocycles. The van der Waals surface area contributed by atoms with E-state index in [0.717, 1.165) is 49.5 Å². The van der Waals surface area contributed by atoms with Crippen molar-refractivity contribution in [3.05, 3.63) is 45.0 Å². The van der Waals surface area contributed by atoms with Crippen molar-refractivity contribution in [1.82, 2.24) is 9.99 Å². The van der Waals surface area contributed by atoms with Gasteiger partial charge in [-0.25, -0.2) is 0 Å². The van der Waals surface area contributed by atoms with Crippen molar-refractivity contribution in [3.8, 4) is 0 Å². The molecule has 2 aromatic heterocycles. The van der Waals surface area contributed by atoms with Crippen LogP contribution in [0.1, 0.15) is 52.3 Å². The molecule has 0 amide bonds. The molecule has 0 unspecified atom stereocenters. The maximum Gasteiger partial charge on any atom is 0.0986 e. The molecule has 0 spiro atoms. The van der Waals surface area contributed by atoms with Crippen LogP contribution in [0.25, 0.3) is 15.9 Å². The monoisotopic (exact) mass is 460 g/mol. The molecule has 0 bridgehead atoms. The number of rotatable bonds is 8. The number of thiophene rings is 1. The molecule has 28 heavy (non-hydrogen) atoms. The van der Waals surface area contributed by atoms with Gasteiger partial charge < -0.3 is 0 Å². The van der Waals surface area contributed by atoms with Crippen molar-refractivity contribution >= 4 is 55.6 Å². The van der Waals surface area contributed by atoms with Crippen LogP contribution >= 0.6 is 27.3 Å². The van der Waals surface area contributed by atoms with E-state index in [9.17, 15) is 0 Å². The lowest BCUT2D eigenvalue weighted by Crippen LogP contribution is -2.13. The number of hydrazone groups is 1. The number of hydrogen-bond acceptors (Lipinski definition) is 5. The summed E-state index contributed by atoms with van der Waals surface area (Å²) in [6, 6.07) is 4.03. The SMILES string of the molecule is C=N/C(C)=C(/c1sc2cccnc2c1Br)N(C)/N=C(C)\C=C(/C)C(CC)CC. The van der Waals surface area contributed by atoms with E-state index in [1.165, 1.54) is 5.57 Å². The average molecular weight is 461 g/mol. The van der Waals surface area contributed by atoms with Crippen molar-refractivity contribution in [3.63, 3.8) is 0 Å². The first kappa shape index (κ1) is 22.5. The molecule has 0 saturated heterocycles. The molecule has 2 heterocycles. The summed E-state index contributed by atoms with van der Waals surface area (Å²) in [5.74, 6) is 0.602. The number of fused-ring (bicyclic) bond motifs is 1. The number of pyridine rings is 1. The molecular formula is C22H29BrN4S. The lowest BCUT2D eigenvalue weighted by molar-refractivity contribution is 0.513. The van der Waals surface area contributed by atoms with Crippen LogP contribution in [-0.4, -0.2) is 29.5 Å². The van der Waals surface area contributed by atoms with Gasteiger partial charge in [0.05, 0.1) is 36.7 Å². The van der Waals surface area contributed by atoms with Crippen molar-refractivity contribution in [2.75, 3.05) is 7.05 Å². The van der Waals surface area contributed by atoms with E-state index < -0.39 is 0 Å². The lowest BCUT2D eigenvalue weighted by atomic mass is 9.94. The maximum atomic E-state index is 4.82. The Morgan fingerprint density at radius 2 is 2.00 bits per heavy atom. The van der Waals surface area contributed by atoms with Gasteiger partial charge in [-0.2, -0.15) is 5.10 Å². The normalized spacial score (nSPS) is 13.9. The summed E-state index contributed by atoms with van der Waals surface area (Å²) < 4.78 is 2.09. The summed E-state index contributed by atoms with van der Waals surface area (Å²) in [7, 11) is 1.96. The highest BCUT2D eigenvalue weighted by molar-refractivity contribution is 9.10. The molecule has 150 valence electrons. The van der Waals surface area contributed by atoms with Crippen LogP contribution < -0.4 is 0 Å². The van der Waals surface area contributed by atoms with Gasteiger partial charge in [0.15, 0.2) is 0 Å². The first-order valence-electron chi connectivity index (χ1n) is 9.52. The Morgan fingerprint density at radius 3 is 2.57 bits per heavy atom. The highest BCUT2D eigenvalue weighted by Crippen LogP contribution is 2.40. The largest absolute Gasteiger partial charge is 0.267 e. The quantitative estimate of drug-likeness (QED) is 0.310. The summed E-state index contributed by atoms with van der Waals surface area (Å²) in [5.41, 5.74) is 5.05. The molecule has 0 fully saturated rings. The molecular weight excluding hydrogens is 432 g/mol. The number of halogens is 1. The molecule has 0 aromatic carbocycles. The second kappa shape index (κ2) is 10.1. The Hall–Kier alpha value is -1.79. The first-order valence-corrected chi connectivity index (χ1v) is 11.1. The molecule has 0 radical (unpaired) electrons. The molecule has 2 rings (SSSR count). The van der Waals surface area contributed by atoms with Crippen molar-refractivity contribution in [2.24, 2.45) is 16.0 Å². The Morgan fingerprint density at radius 1 is 1.32 bits per heavy atom. The average Bonchev–Trinajstić information content (AvgIpc) is 2.99. The molecule has 0 N–H and O–H groups in total.